The van der Waals surface area contributed by atoms with E-state index in [0.717, 1.165) is 0 Å². The lowest BCUT2D eigenvalue weighted by atomic mass is 9.98. The van der Waals surface area contributed by atoms with Gasteiger partial charge in [0.1, 0.15) is 5.60 Å². The summed E-state index contributed by atoms with van der Waals surface area (Å²) in [5.74, 6) is -1.18. The fraction of sp³-hybridized carbons (Fsp3) is 0.667. The average Bonchev–Trinajstić information content (AvgIpc) is 2.09. The molecule has 0 fully saturated rings. The Morgan fingerprint density at radius 2 is 1.76 bits per heavy atom. The van der Waals surface area contributed by atoms with Crippen LogP contribution in [0.4, 0.5) is 4.79 Å². The Labute approximate surface area is 102 Å². The molecular weight excluding hydrogens is 222 g/mol. The molecule has 0 aromatic heterocycles. The van der Waals surface area contributed by atoms with Crippen LogP contribution in [-0.4, -0.2) is 28.8 Å². The van der Waals surface area contributed by atoms with Crippen LogP contribution >= 0.6 is 0 Å². The Balaban J connectivity index is 4.63. The summed E-state index contributed by atoms with van der Waals surface area (Å²) in [4.78, 5) is 22.5. The molecule has 1 amide bonds. The minimum absolute atomic E-state index is 0.0361. The number of rotatable bonds is 4. The molecule has 0 bridgehead atoms. The summed E-state index contributed by atoms with van der Waals surface area (Å²) in [7, 11) is 0. The van der Waals surface area contributed by atoms with E-state index in [1.165, 1.54) is 0 Å². The summed E-state index contributed by atoms with van der Waals surface area (Å²) >= 11 is 0. The summed E-state index contributed by atoms with van der Waals surface area (Å²) in [6.45, 7) is 12.4. The van der Waals surface area contributed by atoms with Gasteiger partial charge in [0.15, 0.2) is 6.04 Å². The summed E-state index contributed by atoms with van der Waals surface area (Å²) in [6.07, 6.45) is -0.758. The maximum absolute atomic E-state index is 11.5. The van der Waals surface area contributed by atoms with Gasteiger partial charge in [-0.15, -0.1) is 0 Å². The van der Waals surface area contributed by atoms with Gasteiger partial charge in [0.05, 0.1) is 0 Å². The van der Waals surface area contributed by atoms with E-state index in [1.807, 2.05) is 13.8 Å². The number of alkyl carbamates (subject to hydrolysis) is 1. The van der Waals surface area contributed by atoms with E-state index in [9.17, 15) is 9.59 Å². The van der Waals surface area contributed by atoms with Gasteiger partial charge in [-0.25, -0.2) is 9.59 Å². The highest BCUT2D eigenvalue weighted by atomic mass is 16.6. The topological polar surface area (TPSA) is 75.6 Å². The predicted molar refractivity (Wildman–Crippen MR) is 64.8 cm³/mol. The molecule has 0 saturated carbocycles. The lowest BCUT2D eigenvalue weighted by Crippen LogP contribution is -2.45. The van der Waals surface area contributed by atoms with E-state index in [4.69, 9.17) is 9.84 Å². The van der Waals surface area contributed by atoms with Crippen LogP contribution in [0.15, 0.2) is 12.2 Å². The van der Waals surface area contributed by atoms with Gasteiger partial charge in [-0.05, 0) is 32.3 Å². The summed E-state index contributed by atoms with van der Waals surface area (Å²) in [5, 5.41) is 11.3. The number of carbonyl (C=O) groups excluding carboxylic acids is 1. The van der Waals surface area contributed by atoms with Crippen LogP contribution in [0.1, 0.15) is 34.6 Å². The highest BCUT2D eigenvalue weighted by molar-refractivity contribution is 5.83. The van der Waals surface area contributed by atoms with Crippen molar-refractivity contribution in [2.45, 2.75) is 46.3 Å². The van der Waals surface area contributed by atoms with Crippen molar-refractivity contribution in [3.05, 3.63) is 12.2 Å². The zero-order valence-corrected chi connectivity index (χ0v) is 11.0. The van der Waals surface area contributed by atoms with Crippen LogP contribution in [0.2, 0.25) is 0 Å². The molecule has 1 atom stereocenters. The van der Waals surface area contributed by atoms with E-state index in [2.05, 4.69) is 11.9 Å². The van der Waals surface area contributed by atoms with E-state index < -0.39 is 23.7 Å². The van der Waals surface area contributed by atoms with E-state index in [-0.39, 0.29) is 5.92 Å². The first kappa shape index (κ1) is 15.5. The predicted octanol–water partition coefficient (Wildman–Crippen LogP) is 2.18. The second-order valence-electron chi connectivity index (χ2n) is 5.15. The molecule has 2 N–H and O–H groups in total. The minimum atomic E-state index is -1.14. The normalized spacial score (nSPS) is 13.1. The maximum Gasteiger partial charge on any atom is 0.408 e. The molecule has 0 aliphatic carbocycles. The summed E-state index contributed by atoms with van der Waals surface area (Å²) < 4.78 is 4.99. The van der Waals surface area contributed by atoms with Crippen LogP contribution in [0.3, 0.4) is 0 Å². The van der Waals surface area contributed by atoms with Crippen molar-refractivity contribution in [2.24, 2.45) is 5.92 Å². The van der Waals surface area contributed by atoms with E-state index >= 15 is 0 Å². The van der Waals surface area contributed by atoms with Gasteiger partial charge in [0.2, 0.25) is 0 Å². The van der Waals surface area contributed by atoms with Crippen LogP contribution in [0, 0.1) is 5.92 Å². The first-order chi connectivity index (χ1) is 7.54. The van der Waals surface area contributed by atoms with Crippen molar-refractivity contribution in [3.63, 3.8) is 0 Å². The van der Waals surface area contributed by atoms with Crippen molar-refractivity contribution < 1.29 is 19.4 Å². The zero-order chi connectivity index (χ0) is 13.8. The van der Waals surface area contributed by atoms with Gasteiger partial charge < -0.3 is 15.2 Å². The average molecular weight is 243 g/mol. The minimum Gasteiger partial charge on any atom is -0.479 e. The highest BCUT2D eigenvalue weighted by Gasteiger charge is 2.27. The number of hydrogen-bond donors (Lipinski definition) is 2. The molecule has 0 aliphatic rings. The van der Waals surface area contributed by atoms with Crippen LogP contribution in [-0.2, 0) is 9.53 Å². The van der Waals surface area contributed by atoms with Gasteiger partial charge in [-0.1, -0.05) is 20.4 Å². The first-order valence-corrected chi connectivity index (χ1v) is 5.45. The second-order valence-corrected chi connectivity index (χ2v) is 5.15. The number of aliphatic carboxylic acids is 1. The third-order valence-corrected chi connectivity index (χ3v) is 2.02. The molecule has 0 saturated heterocycles. The first-order valence-electron chi connectivity index (χ1n) is 5.45. The third-order valence-electron chi connectivity index (χ3n) is 2.02. The van der Waals surface area contributed by atoms with Gasteiger partial charge in [-0.3, -0.25) is 0 Å². The standard InChI is InChI=1S/C12H21NO4/c1-7(2)8(3)9(10(14)15)13-11(16)17-12(4,5)6/h7,9H,3H2,1-2,4-6H3,(H,13,16)(H,14,15)/t9-/m0/s1. The number of hydrogen-bond acceptors (Lipinski definition) is 3. The van der Waals surface area contributed by atoms with Crippen LogP contribution in [0.5, 0.6) is 0 Å². The van der Waals surface area contributed by atoms with Crippen molar-refractivity contribution in [3.8, 4) is 0 Å². The molecule has 98 valence electrons. The Morgan fingerprint density at radius 3 is 2.06 bits per heavy atom. The number of carboxylic acids is 1. The van der Waals surface area contributed by atoms with Crippen molar-refractivity contribution in [2.75, 3.05) is 0 Å². The molecule has 0 spiro atoms. The highest BCUT2D eigenvalue weighted by Crippen LogP contribution is 2.13. The molecule has 0 aliphatic heterocycles. The Kier molecular flexibility index (Phi) is 5.19. The van der Waals surface area contributed by atoms with Crippen molar-refractivity contribution >= 4 is 12.1 Å². The Morgan fingerprint density at radius 1 is 1.29 bits per heavy atom. The molecule has 5 nitrogen and oxygen atoms in total. The molecular formula is C12H21NO4. The molecule has 5 heteroatoms. The third kappa shape index (κ3) is 5.94. The fourth-order valence-electron chi connectivity index (χ4n) is 1.07. The van der Waals surface area contributed by atoms with Gasteiger partial charge in [0, 0.05) is 0 Å². The zero-order valence-electron chi connectivity index (χ0n) is 11.0. The number of nitrogens with one attached hydrogen (secondary N) is 1. The molecule has 0 aromatic carbocycles. The monoisotopic (exact) mass is 243 g/mol. The quantitative estimate of drug-likeness (QED) is 0.742. The van der Waals surface area contributed by atoms with Gasteiger partial charge >= 0.3 is 12.1 Å². The SMILES string of the molecule is C=C(C(C)C)[C@H](NC(=O)OC(C)(C)C)C(=O)O. The number of carboxylic acid groups (broad SMARTS) is 1. The number of amides is 1. The molecule has 0 heterocycles. The smallest absolute Gasteiger partial charge is 0.408 e. The lowest BCUT2D eigenvalue weighted by molar-refractivity contribution is -0.138. The fourth-order valence-corrected chi connectivity index (χ4v) is 1.07. The van der Waals surface area contributed by atoms with Crippen LogP contribution in [0.25, 0.3) is 0 Å². The van der Waals surface area contributed by atoms with Crippen molar-refractivity contribution in [1.82, 2.24) is 5.32 Å². The molecule has 17 heavy (non-hydrogen) atoms. The maximum atomic E-state index is 11.5. The molecule has 0 rings (SSSR count). The van der Waals surface area contributed by atoms with Gasteiger partial charge in [0.25, 0.3) is 0 Å². The largest absolute Gasteiger partial charge is 0.479 e. The van der Waals surface area contributed by atoms with Crippen LogP contribution < -0.4 is 5.32 Å². The van der Waals surface area contributed by atoms with Crippen molar-refractivity contribution in [1.29, 1.82) is 0 Å². The van der Waals surface area contributed by atoms with E-state index in [1.54, 1.807) is 20.8 Å². The molecule has 0 radical (unpaired) electrons. The lowest BCUT2D eigenvalue weighted by Gasteiger charge is -2.23. The summed E-state index contributed by atoms with van der Waals surface area (Å²) in [5.41, 5.74) is -0.227. The Bertz CT molecular complexity index is 315. The van der Waals surface area contributed by atoms with E-state index in [0.29, 0.717) is 5.57 Å². The number of ether oxygens (including phenoxy) is 1. The number of carbonyl (C=O) groups is 2. The second kappa shape index (κ2) is 5.70. The summed E-state index contributed by atoms with van der Waals surface area (Å²) in [6, 6.07) is -1.12. The Hall–Kier alpha value is -1.52. The molecule has 0 unspecified atom stereocenters. The molecule has 0 aromatic rings. The van der Waals surface area contributed by atoms with Gasteiger partial charge in [-0.2, -0.15) is 0 Å².